The summed E-state index contributed by atoms with van der Waals surface area (Å²) in [6.07, 6.45) is 15.1. The molecule has 2 rings (SSSR count). The zero-order chi connectivity index (χ0) is 14.4. The summed E-state index contributed by atoms with van der Waals surface area (Å²) in [6, 6.07) is 0. The normalized spacial score (nSPS) is 33.5. The molecule has 0 radical (unpaired) electrons. The van der Waals surface area contributed by atoms with Crippen LogP contribution in [0, 0.1) is 5.41 Å². The maximum absolute atomic E-state index is 14.9. The summed E-state index contributed by atoms with van der Waals surface area (Å²) in [5, 5.41) is 0. The molecule has 20 heavy (non-hydrogen) atoms. The van der Waals surface area contributed by atoms with E-state index in [9.17, 15) is 4.39 Å². The van der Waals surface area contributed by atoms with Crippen molar-refractivity contribution < 1.29 is 4.39 Å². The molecule has 0 saturated carbocycles. The Labute approximate surface area is 125 Å². The van der Waals surface area contributed by atoms with Gasteiger partial charge in [0, 0.05) is 0 Å². The highest BCUT2D eigenvalue weighted by Crippen LogP contribution is 2.38. The summed E-state index contributed by atoms with van der Waals surface area (Å²) >= 11 is 0. The Morgan fingerprint density at radius 2 is 1.35 bits per heavy atom. The molecule has 2 aliphatic rings. The minimum absolute atomic E-state index is 0.178. The molecule has 0 aromatic carbocycles. The van der Waals surface area contributed by atoms with Crippen LogP contribution in [0.25, 0.3) is 0 Å². The molecule has 0 fully saturated rings. The maximum atomic E-state index is 14.9. The van der Waals surface area contributed by atoms with E-state index in [2.05, 4.69) is 13.8 Å². The maximum Gasteiger partial charge on any atom is 0.122 e. The summed E-state index contributed by atoms with van der Waals surface area (Å²) in [6.45, 7) is 4.51. The van der Waals surface area contributed by atoms with Crippen molar-refractivity contribution in [2.45, 2.75) is 103 Å². The van der Waals surface area contributed by atoms with Gasteiger partial charge >= 0.3 is 0 Å². The van der Waals surface area contributed by atoms with Gasteiger partial charge in [0.15, 0.2) is 0 Å². The summed E-state index contributed by atoms with van der Waals surface area (Å²) < 4.78 is 14.9. The van der Waals surface area contributed by atoms with Gasteiger partial charge in [0.2, 0.25) is 0 Å². The van der Waals surface area contributed by atoms with E-state index in [1.807, 2.05) is 0 Å². The van der Waals surface area contributed by atoms with Crippen LogP contribution in [-0.2, 0) is 0 Å². The molecule has 2 aliphatic carbocycles. The van der Waals surface area contributed by atoms with Gasteiger partial charge in [0.25, 0.3) is 0 Å². The Morgan fingerprint density at radius 3 is 2.05 bits per heavy atom. The van der Waals surface area contributed by atoms with Gasteiger partial charge in [0.05, 0.1) is 0 Å². The molecule has 1 unspecified atom stereocenters. The molecule has 1 heteroatoms. The van der Waals surface area contributed by atoms with Crippen molar-refractivity contribution in [3.05, 3.63) is 11.1 Å². The molecule has 0 nitrogen and oxygen atoms in total. The molecular weight excluding hydrogens is 247 g/mol. The molecular formula is C19H33F. The van der Waals surface area contributed by atoms with Gasteiger partial charge in [-0.05, 0) is 62.4 Å². The summed E-state index contributed by atoms with van der Waals surface area (Å²) in [7, 11) is 0. The van der Waals surface area contributed by atoms with E-state index in [0.717, 1.165) is 12.8 Å². The number of alkyl halides is 1. The van der Waals surface area contributed by atoms with E-state index in [1.165, 1.54) is 81.8 Å². The van der Waals surface area contributed by atoms with Crippen LogP contribution in [0.5, 0.6) is 0 Å². The average Bonchev–Trinajstić information content (AvgIpc) is 2.44. The van der Waals surface area contributed by atoms with Gasteiger partial charge in [-0.15, -0.1) is 0 Å². The smallest absolute Gasteiger partial charge is 0.122 e. The van der Waals surface area contributed by atoms with E-state index in [0.29, 0.717) is 0 Å². The predicted molar refractivity (Wildman–Crippen MR) is 85.7 cm³/mol. The Bertz CT molecular complexity index is 327. The highest BCUT2D eigenvalue weighted by Gasteiger charge is 2.28. The molecule has 0 amide bonds. The summed E-state index contributed by atoms with van der Waals surface area (Å²) in [5.41, 5.74) is 2.91. The highest BCUT2D eigenvalue weighted by molar-refractivity contribution is 5.20. The van der Waals surface area contributed by atoms with Gasteiger partial charge in [0.1, 0.15) is 6.17 Å². The van der Waals surface area contributed by atoms with Crippen LogP contribution in [0.4, 0.5) is 4.39 Å². The number of allylic oxidation sites excluding steroid dienone is 2. The number of hydrogen-bond donors (Lipinski definition) is 0. The first-order valence-corrected chi connectivity index (χ1v) is 8.93. The topological polar surface area (TPSA) is 0 Å². The van der Waals surface area contributed by atoms with E-state index in [-0.39, 0.29) is 5.41 Å². The monoisotopic (exact) mass is 280 g/mol. The summed E-state index contributed by atoms with van der Waals surface area (Å²) in [5.74, 6) is 0. The molecule has 0 N–H and O–H groups in total. The van der Waals surface area contributed by atoms with E-state index < -0.39 is 6.17 Å². The molecule has 0 saturated heterocycles. The van der Waals surface area contributed by atoms with Gasteiger partial charge in [-0.1, -0.05) is 51.5 Å². The Balaban J connectivity index is 2.17. The second-order valence-corrected chi connectivity index (χ2v) is 7.79. The van der Waals surface area contributed by atoms with Crippen molar-refractivity contribution in [1.29, 1.82) is 0 Å². The molecule has 0 aromatic rings. The second kappa shape index (κ2) is 7.61. The molecule has 0 aromatic heterocycles. The third-order valence-electron chi connectivity index (χ3n) is 5.32. The first-order chi connectivity index (χ1) is 9.58. The number of hydrogen-bond acceptors (Lipinski definition) is 0. The van der Waals surface area contributed by atoms with Crippen molar-refractivity contribution in [1.82, 2.24) is 0 Å². The van der Waals surface area contributed by atoms with Crippen molar-refractivity contribution >= 4 is 0 Å². The average molecular weight is 280 g/mol. The van der Waals surface area contributed by atoms with Gasteiger partial charge < -0.3 is 0 Å². The summed E-state index contributed by atoms with van der Waals surface area (Å²) in [4.78, 5) is 0. The fourth-order valence-corrected chi connectivity index (χ4v) is 4.01. The molecule has 0 aliphatic heterocycles. The van der Waals surface area contributed by atoms with Crippen LogP contribution in [0.3, 0.4) is 0 Å². The lowest BCUT2D eigenvalue weighted by Crippen LogP contribution is -2.19. The Kier molecular flexibility index (Phi) is 6.11. The first-order valence-electron chi connectivity index (χ1n) is 8.93. The fraction of sp³-hybridized carbons (Fsp3) is 0.895. The third-order valence-corrected chi connectivity index (χ3v) is 5.32. The minimum atomic E-state index is -0.669. The van der Waals surface area contributed by atoms with Crippen molar-refractivity contribution in [3.63, 3.8) is 0 Å². The quantitative estimate of drug-likeness (QED) is 0.431. The molecule has 0 bridgehead atoms. The van der Waals surface area contributed by atoms with Crippen molar-refractivity contribution in [2.75, 3.05) is 0 Å². The van der Waals surface area contributed by atoms with Crippen LogP contribution in [0.1, 0.15) is 97.3 Å². The Hall–Kier alpha value is -0.330. The van der Waals surface area contributed by atoms with Crippen LogP contribution in [0.15, 0.2) is 11.1 Å². The Morgan fingerprint density at radius 1 is 0.800 bits per heavy atom. The number of halogens is 1. The van der Waals surface area contributed by atoms with Crippen LogP contribution in [0.2, 0.25) is 0 Å². The van der Waals surface area contributed by atoms with Crippen LogP contribution in [-0.4, -0.2) is 6.17 Å². The second-order valence-electron chi connectivity index (χ2n) is 7.79. The largest absolute Gasteiger partial charge is 0.243 e. The van der Waals surface area contributed by atoms with E-state index in [4.69, 9.17) is 0 Å². The van der Waals surface area contributed by atoms with Crippen molar-refractivity contribution in [3.8, 4) is 0 Å². The lowest BCUT2D eigenvalue weighted by Gasteiger charge is -2.27. The molecule has 116 valence electrons. The highest BCUT2D eigenvalue weighted by atomic mass is 19.1. The third kappa shape index (κ3) is 4.90. The zero-order valence-electron chi connectivity index (χ0n) is 13.6. The van der Waals surface area contributed by atoms with Gasteiger partial charge in [-0.3, -0.25) is 0 Å². The fourth-order valence-electron chi connectivity index (χ4n) is 4.01. The minimum Gasteiger partial charge on any atom is -0.243 e. The molecule has 0 heterocycles. The standard InChI is InChI=1S/C19H33F/c1-19(2)14-10-9-12-16-11-7-5-3-4-6-8-13-17(16)18(20)15-19/h18H,3-15H2,1-2H3/b17-16-. The first kappa shape index (κ1) is 16.0. The van der Waals surface area contributed by atoms with Gasteiger partial charge in [-0.25, -0.2) is 4.39 Å². The predicted octanol–water partition coefficient (Wildman–Crippen LogP) is 6.75. The van der Waals surface area contributed by atoms with Crippen LogP contribution >= 0.6 is 0 Å². The zero-order valence-corrected chi connectivity index (χ0v) is 13.6. The van der Waals surface area contributed by atoms with E-state index >= 15 is 0 Å². The lowest BCUT2D eigenvalue weighted by molar-refractivity contribution is 0.215. The van der Waals surface area contributed by atoms with E-state index in [1.54, 1.807) is 0 Å². The van der Waals surface area contributed by atoms with Gasteiger partial charge in [-0.2, -0.15) is 0 Å². The SMILES string of the molecule is CC1(C)CCCC/C2=C(/CCCCCCCC2)C(F)C1. The van der Waals surface area contributed by atoms with Crippen LogP contribution < -0.4 is 0 Å². The van der Waals surface area contributed by atoms with Crippen molar-refractivity contribution in [2.24, 2.45) is 5.41 Å². The lowest BCUT2D eigenvalue weighted by atomic mass is 9.80. The number of rotatable bonds is 0. The molecule has 1 atom stereocenters. The molecule has 0 spiro atoms.